The monoisotopic (exact) mass is 259 g/mol. The second-order valence-electron chi connectivity index (χ2n) is 4.03. The molecule has 0 aliphatic carbocycles. The molecule has 1 aliphatic heterocycles. The molecule has 1 saturated heterocycles. The van der Waals surface area contributed by atoms with Gasteiger partial charge in [-0.2, -0.15) is 0 Å². The van der Waals surface area contributed by atoms with Gasteiger partial charge in [-0.3, -0.25) is 14.5 Å². The lowest BCUT2D eigenvalue weighted by Crippen LogP contribution is -2.38. The van der Waals surface area contributed by atoms with Gasteiger partial charge >= 0.3 is 5.97 Å². The highest BCUT2D eigenvalue weighted by Gasteiger charge is 2.12. The van der Waals surface area contributed by atoms with E-state index in [0.717, 1.165) is 32.8 Å². The minimum Gasteiger partial charge on any atom is -0.466 e. The van der Waals surface area contributed by atoms with E-state index in [4.69, 9.17) is 9.47 Å². The fourth-order valence-corrected chi connectivity index (χ4v) is 1.63. The number of ether oxygens (including phenoxy) is 3. The van der Waals surface area contributed by atoms with E-state index in [0.29, 0.717) is 13.2 Å². The predicted octanol–water partition coefficient (Wildman–Crippen LogP) is -0.142. The summed E-state index contributed by atoms with van der Waals surface area (Å²) in [6.45, 7) is 6.57. The summed E-state index contributed by atoms with van der Waals surface area (Å²) >= 11 is 0. The van der Waals surface area contributed by atoms with Crippen LogP contribution >= 0.6 is 0 Å². The number of carbonyl (C=O) groups excluding carboxylic acids is 2. The van der Waals surface area contributed by atoms with Crippen molar-refractivity contribution in [3.63, 3.8) is 0 Å². The molecule has 0 atom stereocenters. The van der Waals surface area contributed by atoms with Gasteiger partial charge in [0.05, 0.1) is 26.4 Å². The summed E-state index contributed by atoms with van der Waals surface area (Å²) in [6.07, 6.45) is -0.203. The van der Waals surface area contributed by atoms with Crippen LogP contribution in [0.15, 0.2) is 0 Å². The van der Waals surface area contributed by atoms with Gasteiger partial charge in [-0.05, 0) is 6.92 Å². The van der Waals surface area contributed by atoms with Gasteiger partial charge in [-0.15, -0.1) is 0 Å². The quantitative estimate of drug-likeness (QED) is 0.343. The van der Waals surface area contributed by atoms with Crippen LogP contribution in [0.2, 0.25) is 0 Å². The number of Topliss-reactive ketones (excluding diaryl/α,β-unsaturated/α-hetero) is 1. The average Bonchev–Trinajstić information content (AvgIpc) is 2.36. The van der Waals surface area contributed by atoms with Gasteiger partial charge < -0.3 is 14.2 Å². The molecule has 0 aromatic heterocycles. The molecule has 1 fully saturated rings. The highest BCUT2D eigenvalue weighted by atomic mass is 16.5. The van der Waals surface area contributed by atoms with Crippen LogP contribution in [0.25, 0.3) is 0 Å². The number of ketones is 1. The van der Waals surface area contributed by atoms with E-state index in [1.807, 2.05) is 0 Å². The SMILES string of the molecule is CCOC(=O)CC(=O)COCCN1CCOCC1. The van der Waals surface area contributed by atoms with Crippen LogP contribution in [0.1, 0.15) is 13.3 Å². The molecule has 0 bridgehead atoms. The van der Waals surface area contributed by atoms with Gasteiger partial charge in [0.1, 0.15) is 13.0 Å². The largest absolute Gasteiger partial charge is 0.466 e. The van der Waals surface area contributed by atoms with Gasteiger partial charge in [0.25, 0.3) is 0 Å². The minimum absolute atomic E-state index is 0.0246. The van der Waals surface area contributed by atoms with Crippen molar-refractivity contribution in [3.05, 3.63) is 0 Å². The number of rotatable bonds is 8. The molecule has 0 saturated carbocycles. The highest BCUT2D eigenvalue weighted by molar-refractivity contribution is 5.96. The average molecular weight is 259 g/mol. The van der Waals surface area contributed by atoms with E-state index in [9.17, 15) is 9.59 Å². The van der Waals surface area contributed by atoms with Crippen LogP contribution in [0.5, 0.6) is 0 Å². The van der Waals surface area contributed by atoms with Crippen molar-refractivity contribution in [3.8, 4) is 0 Å². The minimum atomic E-state index is -0.487. The molecule has 0 spiro atoms. The van der Waals surface area contributed by atoms with E-state index in [1.54, 1.807) is 6.92 Å². The van der Waals surface area contributed by atoms with Crippen LogP contribution in [0.3, 0.4) is 0 Å². The van der Waals surface area contributed by atoms with Crippen LogP contribution in [0, 0.1) is 0 Å². The van der Waals surface area contributed by atoms with E-state index in [-0.39, 0.29) is 18.8 Å². The van der Waals surface area contributed by atoms with Crippen molar-refractivity contribution in [2.45, 2.75) is 13.3 Å². The number of nitrogens with zero attached hydrogens (tertiary/aromatic N) is 1. The van der Waals surface area contributed by atoms with Gasteiger partial charge in [0, 0.05) is 19.6 Å². The maximum absolute atomic E-state index is 11.3. The second kappa shape index (κ2) is 9.02. The van der Waals surface area contributed by atoms with Gasteiger partial charge in [-0.25, -0.2) is 0 Å². The molecular weight excluding hydrogens is 238 g/mol. The van der Waals surface area contributed by atoms with Crippen LogP contribution < -0.4 is 0 Å². The summed E-state index contributed by atoms with van der Waals surface area (Å²) < 4.78 is 15.1. The molecule has 0 N–H and O–H groups in total. The second-order valence-corrected chi connectivity index (χ2v) is 4.03. The molecule has 0 aromatic rings. The first-order valence-electron chi connectivity index (χ1n) is 6.27. The molecule has 104 valence electrons. The summed E-state index contributed by atoms with van der Waals surface area (Å²) in [5.41, 5.74) is 0. The standard InChI is InChI=1S/C12H21NO5/c1-2-18-12(15)9-11(14)10-17-8-5-13-3-6-16-7-4-13/h2-10H2,1H3. The maximum Gasteiger partial charge on any atom is 0.313 e. The lowest BCUT2D eigenvalue weighted by atomic mass is 10.3. The zero-order chi connectivity index (χ0) is 13.2. The lowest BCUT2D eigenvalue weighted by molar-refractivity contribution is -0.146. The smallest absolute Gasteiger partial charge is 0.313 e. The van der Waals surface area contributed by atoms with Crippen molar-refractivity contribution >= 4 is 11.8 Å². The molecule has 0 radical (unpaired) electrons. The molecule has 0 amide bonds. The fourth-order valence-electron chi connectivity index (χ4n) is 1.63. The highest BCUT2D eigenvalue weighted by Crippen LogP contribution is 1.96. The number of morpholine rings is 1. The van der Waals surface area contributed by atoms with Crippen LogP contribution in [-0.2, 0) is 23.8 Å². The number of esters is 1. The van der Waals surface area contributed by atoms with E-state index < -0.39 is 5.97 Å². The normalized spacial score (nSPS) is 16.5. The van der Waals surface area contributed by atoms with Gasteiger partial charge in [-0.1, -0.05) is 0 Å². The molecule has 1 aliphatic rings. The third-order valence-corrected chi connectivity index (χ3v) is 2.57. The maximum atomic E-state index is 11.3. The Hall–Kier alpha value is -0.980. The Balaban J connectivity index is 1.99. The van der Waals surface area contributed by atoms with E-state index in [2.05, 4.69) is 9.64 Å². The molecule has 1 heterocycles. The van der Waals surface area contributed by atoms with Crippen molar-refractivity contribution < 1.29 is 23.8 Å². The molecule has 1 rings (SSSR count). The summed E-state index contributed by atoms with van der Waals surface area (Å²) in [6, 6.07) is 0. The molecule has 0 aromatic carbocycles. The van der Waals surface area contributed by atoms with E-state index in [1.165, 1.54) is 0 Å². The zero-order valence-electron chi connectivity index (χ0n) is 10.9. The summed E-state index contributed by atoms with van der Waals surface area (Å²) in [7, 11) is 0. The first kappa shape index (κ1) is 15.1. The first-order chi connectivity index (χ1) is 8.72. The summed E-state index contributed by atoms with van der Waals surface area (Å²) in [5, 5.41) is 0. The zero-order valence-corrected chi connectivity index (χ0v) is 10.9. The molecule has 6 nitrogen and oxygen atoms in total. The lowest BCUT2D eigenvalue weighted by Gasteiger charge is -2.26. The third-order valence-electron chi connectivity index (χ3n) is 2.57. The molecular formula is C12H21NO5. The first-order valence-corrected chi connectivity index (χ1v) is 6.27. The van der Waals surface area contributed by atoms with Crippen LogP contribution in [-0.4, -0.2) is 69.3 Å². The van der Waals surface area contributed by atoms with E-state index >= 15 is 0 Å². The topological polar surface area (TPSA) is 65.1 Å². The Morgan fingerprint density at radius 2 is 2.00 bits per heavy atom. The van der Waals surface area contributed by atoms with Gasteiger partial charge in [0.2, 0.25) is 0 Å². The summed E-state index contributed by atoms with van der Waals surface area (Å²) in [4.78, 5) is 24.6. The Labute approximate surface area is 107 Å². The van der Waals surface area contributed by atoms with Crippen molar-refractivity contribution in [1.29, 1.82) is 0 Å². The Kier molecular flexibility index (Phi) is 7.55. The van der Waals surface area contributed by atoms with Crippen molar-refractivity contribution in [2.24, 2.45) is 0 Å². The molecule has 0 unspecified atom stereocenters. The molecule has 6 heteroatoms. The van der Waals surface area contributed by atoms with Crippen LogP contribution in [0.4, 0.5) is 0 Å². The van der Waals surface area contributed by atoms with Gasteiger partial charge in [0.15, 0.2) is 5.78 Å². The number of carbonyl (C=O) groups is 2. The third kappa shape index (κ3) is 6.68. The Morgan fingerprint density at radius 1 is 1.28 bits per heavy atom. The Bertz CT molecular complexity index is 263. The summed E-state index contributed by atoms with van der Waals surface area (Å²) in [5.74, 6) is -0.727. The number of hydrogen-bond acceptors (Lipinski definition) is 6. The fraction of sp³-hybridized carbons (Fsp3) is 0.833. The van der Waals surface area contributed by atoms with Crippen molar-refractivity contribution in [1.82, 2.24) is 4.90 Å². The van der Waals surface area contributed by atoms with Crippen molar-refractivity contribution in [2.75, 3.05) is 52.7 Å². The number of hydrogen-bond donors (Lipinski definition) is 0. The predicted molar refractivity (Wildman–Crippen MR) is 64.3 cm³/mol. The Morgan fingerprint density at radius 3 is 2.67 bits per heavy atom. The molecule has 18 heavy (non-hydrogen) atoms.